The minimum Gasteiger partial charge on any atom is -0.497 e. The summed E-state index contributed by atoms with van der Waals surface area (Å²) in [5.41, 5.74) is 1.46. The number of amides is 2. The molecule has 1 aliphatic rings. The van der Waals surface area contributed by atoms with Gasteiger partial charge in [0, 0.05) is 24.1 Å². The third-order valence-corrected chi connectivity index (χ3v) is 5.48. The van der Waals surface area contributed by atoms with Crippen LogP contribution in [0.25, 0.3) is 0 Å². The zero-order valence-electron chi connectivity index (χ0n) is 17.4. The number of hydrogen-bond acceptors (Lipinski definition) is 5. The van der Waals surface area contributed by atoms with Gasteiger partial charge in [0.15, 0.2) is 11.5 Å². The number of carboxylic acid groups (broad SMARTS) is 1. The third kappa shape index (κ3) is 4.12. The molecule has 0 aromatic heterocycles. The molecular weight excluding hydrogens is 388 g/mol. The summed E-state index contributed by atoms with van der Waals surface area (Å²) in [6.07, 6.45) is -1.00. The molecule has 0 aliphatic carbocycles. The van der Waals surface area contributed by atoms with Crippen molar-refractivity contribution in [2.24, 2.45) is 0 Å². The molecule has 1 saturated heterocycles. The number of nitrogens with one attached hydrogen (secondary N) is 1. The quantitative estimate of drug-likeness (QED) is 0.753. The van der Waals surface area contributed by atoms with Crippen molar-refractivity contribution >= 4 is 17.7 Å². The van der Waals surface area contributed by atoms with Gasteiger partial charge in [-0.05, 0) is 36.8 Å². The topological polar surface area (TPSA) is 97.3 Å². The van der Waals surface area contributed by atoms with Crippen molar-refractivity contribution in [3.63, 3.8) is 0 Å². The summed E-state index contributed by atoms with van der Waals surface area (Å²) < 4.78 is 15.9. The predicted molar refractivity (Wildman–Crippen MR) is 112 cm³/mol. The number of carbonyl (C=O) groups is 2. The van der Waals surface area contributed by atoms with Gasteiger partial charge in [-0.15, -0.1) is 0 Å². The summed E-state index contributed by atoms with van der Waals surface area (Å²) in [6.45, 7) is 1.84. The summed E-state index contributed by atoms with van der Waals surface area (Å²) in [5, 5.41) is 12.1. The van der Waals surface area contributed by atoms with Crippen LogP contribution in [0.2, 0.25) is 0 Å². The van der Waals surface area contributed by atoms with Crippen molar-refractivity contribution < 1.29 is 28.9 Å². The second-order valence-corrected chi connectivity index (χ2v) is 7.11. The van der Waals surface area contributed by atoms with Crippen LogP contribution in [0.4, 0.5) is 10.5 Å². The van der Waals surface area contributed by atoms with E-state index in [-0.39, 0.29) is 18.2 Å². The van der Waals surface area contributed by atoms with Gasteiger partial charge in [0.25, 0.3) is 0 Å². The van der Waals surface area contributed by atoms with E-state index in [4.69, 9.17) is 14.2 Å². The maximum Gasteiger partial charge on any atom is 0.404 e. The van der Waals surface area contributed by atoms with E-state index >= 15 is 0 Å². The van der Waals surface area contributed by atoms with Gasteiger partial charge in [-0.2, -0.15) is 0 Å². The fourth-order valence-corrected chi connectivity index (χ4v) is 4.05. The maximum absolute atomic E-state index is 13.2. The zero-order valence-corrected chi connectivity index (χ0v) is 17.4. The molecule has 0 radical (unpaired) electrons. The summed E-state index contributed by atoms with van der Waals surface area (Å²) in [4.78, 5) is 26.3. The minimum atomic E-state index is -1.14. The first-order chi connectivity index (χ1) is 14.4. The van der Waals surface area contributed by atoms with Crippen molar-refractivity contribution in [3.05, 3.63) is 48.0 Å². The molecule has 8 nitrogen and oxygen atoms in total. The molecule has 8 heteroatoms. The predicted octanol–water partition coefficient (Wildman–Crippen LogP) is 3.26. The van der Waals surface area contributed by atoms with Crippen LogP contribution in [0, 0.1) is 0 Å². The molecule has 3 unspecified atom stereocenters. The smallest absolute Gasteiger partial charge is 0.404 e. The number of rotatable bonds is 6. The molecule has 30 heavy (non-hydrogen) atoms. The SMILES string of the molecule is COc1cccc(N2C(=O)CC(c3ccc(OC)c(OC)c3)C(NC(=O)O)C2C)c1. The zero-order chi connectivity index (χ0) is 21.8. The Labute approximate surface area is 175 Å². The van der Waals surface area contributed by atoms with Gasteiger partial charge in [0.2, 0.25) is 5.91 Å². The molecule has 1 fully saturated rings. The summed E-state index contributed by atoms with van der Waals surface area (Å²) in [6, 6.07) is 11.6. The average Bonchev–Trinajstić information content (AvgIpc) is 2.75. The number of nitrogens with zero attached hydrogens (tertiary/aromatic N) is 1. The monoisotopic (exact) mass is 414 g/mol. The van der Waals surface area contributed by atoms with Crippen molar-refractivity contribution in [3.8, 4) is 17.2 Å². The molecule has 3 rings (SSSR count). The van der Waals surface area contributed by atoms with Crippen LogP contribution in [-0.4, -0.2) is 50.5 Å². The van der Waals surface area contributed by atoms with E-state index in [0.717, 1.165) is 5.56 Å². The van der Waals surface area contributed by atoms with Crippen molar-refractivity contribution in [1.82, 2.24) is 5.32 Å². The highest BCUT2D eigenvalue weighted by atomic mass is 16.5. The molecule has 0 saturated carbocycles. The highest BCUT2D eigenvalue weighted by Gasteiger charge is 2.42. The Morgan fingerprint density at radius 1 is 1.07 bits per heavy atom. The lowest BCUT2D eigenvalue weighted by Gasteiger charge is -2.43. The lowest BCUT2D eigenvalue weighted by molar-refractivity contribution is -0.121. The van der Waals surface area contributed by atoms with Crippen LogP contribution in [0.15, 0.2) is 42.5 Å². The molecule has 2 aromatic rings. The average molecular weight is 414 g/mol. The molecule has 2 aromatic carbocycles. The van der Waals surface area contributed by atoms with Gasteiger partial charge >= 0.3 is 6.09 Å². The number of hydrogen-bond donors (Lipinski definition) is 2. The van der Waals surface area contributed by atoms with E-state index in [9.17, 15) is 14.7 Å². The van der Waals surface area contributed by atoms with Crippen LogP contribution in [0.3, 0.4) is 0 Å². The first kappa shape index (κ1) is 21.3. The maximum atomic E-state index is 13.2. The molecular formula is C22H26N2O6. The van der Waals surface area contributed by atoms with Crippen LogP contribution >= 0.6 is 0 Å². The number of anilines is 1. The first-order valence-corrected chi connectivity index (χ1v) is 9.57. The van der Waals surface area contributed by atoms with Crippen LogP contribution in [0.5, 0.6) is 17.2 Å². The lowest BCUT2D eigenvalue weighted by Crippen LogP contribution is -2.59. The third-order valence-electron chi connectivity index (χ3n) is 5.48. The summed E-state index contributed by atoms with van der Waals surface area (Å²) >= 11 is 0. The lowest BCUT2D eigenvalue weighted by atomic mass is 9.80. The summed E-state index contributed by atoms with van der Waals surface area (Å²) in [7, 11) is 4.64. The molecule has 1 heterocycles. The number of piperidine rings is 1. The van der Waals surface area contributed by atoms with E-state index in [0.29, 0.717) is 22.9 Å². The molecule has 0 spiro atoms. The Morgan fingerprint density at radius 2 is 1.80 bits per heavy atom. The van der Waals surface area contributed by atoms with E-state index in [2.05, 4.69) is 5.32 Å². The van der Waals surface area contributed by atoms with Gasteiger partial charge in [-0.1, -0.05) is 12.1 Å². The Morgan fingerprint density at radius 3 is 2.43 bits per heavy atom. The van der Waals surface area contributed by atoms with Crippen LogP contribution < -0.4 is 24.4 Å². The second-order valence-electron chi connectivity index (χ2n) is 7.11. The fraction of sp³-hybridized carbons (Fsp3) is 0.364. The van der Waals surface area contributed by atoms with Crippen LogP contribution in [0.1, 0.15) is 24.8 Å². The Kier molecular flexibility index (Phi) is 6.34. The van der Waals surface area contributed by atoms with Crippen molar-refractivity contribution in [2.75, 3.05) is 26.2 Å². The molecule has 1 aliphatic heterocycles. The normalized spacial score (nSPS) is 21.1. The Bertz CT molecular complexity index is 932. The van der Waals surface area contributed by atoms with E-state index in [1.165, 1.54) is 7.11 Å². The van der Waals surface area contributed by atoms with E-state index in [1.807, 2.05) is 19.1 Å². The van der Waals surface area contributed by atoms with Gasteiger partial charge in [-0.3, -0.25) is 4.79 Å². The molecule has 0 bridgehead atoms. The van der Waals surface area contributed by atoms with Gasteiger partial charge in [-0.25, -0.2) is 4.79 Å². The molecule has 3 atom stereocenters. The largest absolute Gasteiger partial charge is 0.497 e. The Balaban J connectivity index is 2.00. The van der Waals surface area contributed by atoms with E-state index in [1.54, 1.807) is 49.5 Å². The van der Waals surface area contributed by atoms with Crippen molar-refractivity contribution in [2.45, 2.75) is 31.3 Å². The highest BCUT2D eigenvalue weighted by Crippen LogP contribution is 2.39. The molecule has 2 amide bonds. The Hall–Kier alpha value is -3.42. The first-order valence-electron chi connectivity index (χ1n) is 9.57. The highest BCUT2D eigenvalue weighted by molar-refractivity contribution is 5.96. The van der Waals surface area contributed by atoms with Gasteiger partial charge < -0.3 is 29.5 Å². The van der Waals surface area contributed by atoms with Gasteiger partial charge in [0.05, 0.1) is 33.4 Å². The number of methoxy groups -OCH3 is 3. The number of carbonyl (C=O) groups excluding carboxylic acids is 1. The van der Waals surface area contributed by atoms with Gasteiger partial charge in [0.1, 0.15) is 5.75 Å². The number of ether oxygens (including phenoxy) is 3. The van der Waals surface area contributed by atoms with Crippen molar-refractivity contribution in [1.29, 1.82) is 0 Å². The number of benzene rings is 2. The van der Waals surface area contributed by atoms with Crippen LogP contribution in [-0.2, 0) is 4.79 Å². The van der Waals surface area contributed by atoms with E-state index < -0.39 is 18.2 Å². The summed E-state index contributed by atoms with van der Waals surface area (Å²) in [5.74, 6) is 1.26. The molecule has 160 valence electrons. The second kappa shape index (κ2) is 8.94. The minimum absolute atomic E-state index is 0.0982. The molecule has 2 N–H and O–H groups in total. The standard InChI is InChI=1S/C22H26N2O6/c1-13-21(23-22(26)27)17(14-8-9-18(29-3)19(10-14)30-4)12-20(25)24(13)15-6-5-7-16(11-15)28-2/h5-11,13,17,21,23H,12H2,1-4H3,(H,26,27). The fourth-order valence-electron chi connectivity index (χ4n) is 4.05.